The molecule has 4 aromatic rings. The number of hydrogen-bond acceptors (Lipinski definition) is 6. The first-order chi connectivity index (χ1) is 15.5. The fourth-order valence-corrected chi connectivity index (χ4v) is 4.58. The predicted molar refractivity (Wildman–Crippen MR) is 126 cm³/mol. The molecule has 1 aliphatic heterocycles. The van der Waals surface area contributed by atoms with Gasteiger partial charge in [-0.2, -0.15) is 0 Å². The number of aromatic nitrogens is 3. The standard InChI is InChI=1S/C23H24ClN7O/c24-17-2-4-21-16(8-17)5-6-30(21)14-29-11-18(9-25)31(22(32)12-29)10-15-1-3-19-20(7-15)27-13-28-23(19)26/h1-8,13,18H,9-12,14,25H2,(H2,26,27,28)/t18-/m0/s1. The summed E-state index contributed by atoms with van der Waals surface area (Å²) in [6, 6.07) is 13.6. The molecule has 1 amide bonds. The van der Waals surface area contributed by atoms with Gasteiger partial charge in [-0.1, -0.05) is 17.7 Å². The van der Waals surface area contributed by atoms with E-state index in [0.29, 0.717) is 43.7 Å². The molecule has 9 heteroatoms. The van der Waals surface area contributed by atoms with Crippen molar-refractivity contribution in [1.29, 1.82) is 0 Å². The molecular weight excluding hydrogens is 426 g/mol. The zero-order chi connectivity index (χ0) is 22.2. The maximum atomic E-state index is 13.1. The Morgan fingerprint density at radius 1 is 1.12 bits per heavy atom. The van der Waals surface area contributed by atoms with Crippen LogP contribution in [0, 0.1) is 0 Å². The van der Waals surface area contributed by atoms with Crippen LogP contribution in [0.2, 0.25) is 5.02 Å². The quantitative estimate of drug-likeness (QED) is 0.484. The molecule has 164 valence electrons. The number of hydrogen-bond donors (Lipinski definition) is 2. The van der Waals surface area contributed by atoms with E-state index >= 15 is 0 Å². The van der Waals surface area contributed by atoms with Gasteiger partial charge in [-0.05, 0) is 42.0 Å². The highest BCUT2D eigenvalue weighted by molar-refractivity contribution is 6.31. The van der Waals surface area contributed by atoms with Crippen LogP contribution >= 0.6 is 11.6 Å². The molecule has 0 bridgehead atoms. The maximum absolute atomic E-state index is 13.1. The minimum absolute atomic E-state index is 0.0634. The minimum atomic E-state index is -0.0707. The molecule has 2 aromatic carbocycles. The van der Waals surface area contributed by atoms with E-state index in [4.69, 9.17) is 23.1 Å². The Morgan fingerprint density at radius 2 is 2.00 bits per heavy atom. The molecular formula is C23H24ClN7O. The van der Waals surface area contributed by atoms with Crippen LogP contribution in [0.4, 0.5) is 5.82 Å². The van der Waals surface area contributed by atoms with Crippen molar-refractivity contribution >= 4 is 45.1 Å². The van der Waals surface area contributed by atoms with Crippen molar-refractivity contribution < 1.29 is 4.79 Å². The molecule has 1 aliphatic rings. The number of nitrogen functional groups attached to an aromatic ring is 1. The third-order valence-corrected chi connectivity index (χ3v) is 6.27. The third-order valence-electron chi connectivity index (χ3n) is 6.03. The molecule has 0 unspecified atom stereocenters. The number of carbonyl (C=O) groups is 1. The molecule has 1 atom stereocenters. The largest absolute Gasteiger partial charge is 0.383 e. The fourth-order valence-electron chi connectivity index (χ4n) is 4.40. The van der Waals surface area contributed by atoms with Gasteiger partial charge >= 0.3 is 0 Å². The summed E-state index contributed by atoms with van der Waals surface area (Å²) < 4.78 is 2.13. The second-order valence-electron chi connectivity index (χ2n) is 8.16. The summed E-state index contributed by atoms with van der Waals surface area (Å²) in [7, 11) is 0. The summed E-state index contributed by atoms with van der Waals surface area (Å²) in [6.07, 6.45) is 3.48. The zero-order valence-electron chi connectivity index (χ0n) is 17.5. The summed E-state index contributed by atoms with van der Waals surface area (Å²) in [6.45, 7) is 2.55. The van der Waals surface area contributed by atoms with Crippen LogP contribution in [0.1, 0.15) is 5.56 Å². The van der Waals surface area contributed by atoms with E-state index in [1.54, 1.807) is 0 Å². The van der Waals surface area contributed by atoms with Crippen molar-refractivity contribution in [1.82, 2.24) is 24.3 Å². The predicted octanol–water partition coefficient (Wildman–Crippen LogP) is 2.45. The Hall–Kier alpha value is -3.20. The van der Waals surface area contributed by atoms with Gasteiger partial charge < -0.3 is 20.9 Å². The van der Waals surface area contributed by atoms with E-state index in [1.807, 2.05) is 53.6 Å². The lowest BCUT2D eigenvalue weighted by Gasteiger charge is -2.41. The van der Waals surface area contributed by atoms with Crippen LogP contribution in [0.5, 0.6) is 0 Å². The van der Waals surface area contributed by atoms with Crippen molar-refractivity contribution in [2.45, 2.75) is 19.3 Å². The topological polar surface area (TPSA) is 106 Å². The van der Waals surface area contributed by atoms with Gasteiger partial charge in [0.15, 0.2) is 0 Å². The lowest BCUT2D eigenvalue weighted by molar-refractivity contribution is -0.141. The minimum Gasteiger partial charge on any atom is -0.383 e. The van der Waals surface area contributed by atoms with E-state index in [9.17, 15) is 4.79 Å². The smallest absolute Gasteiger partial charge is 0.237 e. The molecule has 3 heterocycles. The highest BCUT2D eigenvalue weighted by Crippen LogP contribution is 2.23. The van der Waals surface area contributed by atoms with E-state index < -0.39 is 0 Å². The van der Waals surface area contributed by atoms with E-state index in [2.05, 4.69) is 19.4 Å². The SMILES string of the molecule is NC[C@H]1CN(Cn2ccc3cc(Cl)ccc32)CC(=O)N1Cc1ccc2c(N)ncnc2c1. The first-order valence-electron chi connectivity index (χ1n) is 10.5. The Bertz CT molecular complexity index is 1300. The zero-order valence-corrected chi connectivity index (χ0v) is 18.2. The van der Waals surface area contributed by atoms with E-state index in [1.165, 1.54) is 6.33 Å². The molecule has 0 aliphatic carbocycles. The first-order valence-corrected chi connectivity index (χ1v) is 10.8. The molecule has 0 radical (unpaired) electrons. The van der Waals surface area contributed by atoms with Gasteiger partial charge in [0.25, 0.3) is 0 Å². The van der Waals surface area contributed by atoms with Gasteiger partial charge in [0, 0.05) is 47.1 Å². The van der Waals surface area contributed by atoms with Crippen molar-refractivity contribution in [2.75, 3.05) is 25.4 Å². The second kappa shape index (κ2) is 8.38. The van der Waals surface area contributed by atoms with Crippen molar-refractivity contribution in [3.05, 3.63) is 65.6 Å². The summed E-state index contributed by atoms with van der Waals surface area (Å²) in [4.78, 5) is 25.4. The number of carbonyl (C=O) groups excluding carboxylic acids is 1. The van der Waals surface area contributed by atoms with Crippen LogP contribution in [0.3, 0.4) is 0 Å². The van der Waals surface area contributed by atoms with Gasteiger partial charge in [-0.25, -0.2) is 9.97 Å². The van der Waals surface area contributed by atoms with E-state index in [0.717, 1.165) is 27.4 Å². The number of benzene rings is 2. The van der Waals surface area contributed by atoms with Crippen molar-refractivity contribution in [2.24, 2.45) is 5.73 Å². The van der Waals surface area contributed by atoms with Crippen molar-refractivity contribution in [3.8, 4) is 0 Å². The summed E-state index contributed by atoms with van der Waals surface area (Å²) >= 11 is 6.10. The summed E-state index contributed by atoms with van der Waals surface area (Å²) in [5.74, 6) is 0.513. The lowest BCUT2D eigenvalue weighted by atomic mass is 10.1. The average Bonchev–Trinajstić information content (AvgIpc) is 3.17. The number of anilines is 1. The molecule has 8 nitrogen and oxygen atoms in total. The molecule has 0 saturated carbocycles. The Balaban J connectivity index is 1.33. The summed E-state index contributed by atoms with van der Waals surface area (Å²) in [5.41, 5.74) is 14.9. The Labute approximate surface area is 190 Å². The number of halogens is 1. The molecule has 1 saturated heterocycles. The van der Waals surface area contributed by atoms with Crippen LogP contribution in [0.15, 0.2) is 55.0 Å². The molecule has 0 spiro atoms. The van der Waals surface area contributed by atoms with Crippen LogP contribution in [-0.2, 0) is 18.0 Å². The lowest BCUT2D eigenvalue weighted by Crippen LogP contribution is -2.58. The number of fused-ring (bicyclic) bond motifs is 2. The van der Waals surface area contributed by atoms with Gasteiger partial charge in [0.2, 0.25) is 5.91 Å². The Kier molecular flexibility index (Phi) is 5.42. The first kappa shape index (κ1) is 20.7. The van der Waals surface area contributed by atoms with Crippen LogP contribution in [-0.4, -0.2) is 55.9 Å². The number of nitrogens with zero attached hydrogens (tertiary/aromatic N) is 5. The number of rotatable bonds is 5. The number of nitrogens with two attached hydrogens (primary N) is 2. The highest BCUT2D eigenvalue weighted by Gasteiger charge is 2.32. The molecule has 2 aromatic heterocycles. The third kappa shape index (κ3) is 3.88. The normalized spacial score (nSPS) is 17.5. The Morgan fingerprint density at radius 3 is 2.84 bits per heavy atom. The van der Waals surface area contributed by atoms with Gasteiger partial charge in [-0.3, -0.25) is 9.69 Å². The molecule has 5 rings (SSSR count). The maximum Gasteiger partial charge on any atom is 0.237 e. The molecule has 4 N–H and O–H groups in total. The van der Waals surface area contributed by atoms with Gasteiger partial charge in [-0.15, -0.1) is 0 Å². The number of piperazine rings is 1. The van der Waals surface area contributed by atoms with Crippen LogP contribution in [0.25, 0.3) is 21.8 Å². The molecule has 32 heavy (non-hydrogen) atoms. The average molecular weight is 450 g/mol. The van der Waals surface area contributed by atoms with Gasteiger partial charge in [0.1, 0.15) is 12.1 Å². The fraction of sp³-hybridized carbons (Fsp3) is 0.261. The van der Waals surface area contributed by atoms with Crippen LogP contribution < -0.4 is 11.5 Å². The molecule has 1 fully saturated rings. The monoisotopic (exact) mass is 449 g/mol. The van der Waals surface area contributed by atoms with Gasteiger partial charge in [0.05, 0.1) is 24.8 Å². The highest BCUT2D eigenvalue weighted by atomic mass is 35.5. The number of amides is 1. The summed E-state index contributed by atoms with van der Waals surface area (Å²) in [5, 5.41) is 2.60. The van der Waals surface area contributed by atoms with Crippen molar-refractivity contribution in [3.63, 3.8) is 0 Å². The van der Waals surface area contributed by atoms with E-state index in [-0.39, 0.29) is 11.9 Å². The second-order valence-corrected chi connectivity index (χ2v) is 8.60.